The van der Waals surface area contributed by atoms with E-state index in [0.29, 0.717) is 22.9 Å². The van der Waals surface area contributed by atoms with Gasteiger partial charge in [0.05, 0.1) is 10.9 Å². The van der Waals surface area contributed by atoms with Gasteiger partial charge in [0.25, 0.3) is 0 Å². The van der Waals surface area contributed by atoms with Crippen LogP contribution >= 0.6 is 0 Å². The lowest BCUT2D eigenvalue weighted by molar-refractivity contribution is 0.349. The molecule has 0 unspecified atom stereocenters. The summed E-state index contributed by atoms with van der Waals surface area (Å²) in [6.07, 6.45) is 2.51. The monoisotopic (exact) mass is 320 g/mol. The number of benzene rings is 1. The lowest BCUT2D eigenvalue weighted by atomic mass is 10.1. The van der Waals surface area contributed by atoms with Crippen LogP contribution in [0.2, 0.25) is 0 Å². The van der Waals surface area contributed by atoms with E-state index in [9.17, 15) is 8.42 Å². The second kappa shape index (κ2) is 5.85. The van der Waals surface area contributed by atoms with Gasteiger partial charge in [0.2, 0.25) is 10.0 Å². The topological polar surface area (TPSA) is 63.4 Å². The number of aromatic nitrogens is 1. The Morgan fingerprint density at radius 1 is 1.32 bits per heavy atom. The Labute approximate surface area is 131 Å². The summed E-state index contributed by atoms with van der Waals surface area (Å²) in [4.78, 5) is 0.344. The first-order chi connectivity index (χ1) is 10.5. The molecule has 118 valence electrons. The van der Waals surface area contributed by atoms with Gasteiger partial charge in [-0.25, -0.2) is 8.42 Å². The van der Waals surface area contributed by atoms with E-state index in [1.54, 1.807) is 16.4 Å². The molecule has 22 heavy (non-hydrogen) atoms. The van der Waals surface area contributed by atoms with E-state index in [-0.39, 0.29) is 6.04 Å². The molecule has 2 heterocycles. The molecule has 3 rings (SSSR count). The average Bonchev–Trinajstić information content (AvgIpc) is 3.16. The van der Waals surface area contributed by atoms with Crippen molar-refractivity contribution < 1.29 is 12.9 Å². The van der Waals surface area contributed by atoms with Gasteiger partial charge in [-0.3, -0.25) is 0 Å². The Bertz CT molecular complexity index is 750. The minimum atomic E-state index is -3.50. The molecule has 0 amide bonds. The minimum absolute atomic E-state index is 0.228. The molecule has 1 aliphatic heterocycles. The molecule has 1 fully saturated rings. The van der Waals surface area contributed by atoms with Crippen LogP contribution in [0.3, 0.4) is 0 Å². The van der Waals surface area contributed by atoms with Crippen molar-refractivity contribution in [1.29, 1.82) is 0 Å². The van der Waals surface area contributed by atoms with Gasteiger partial charge in [0.15, 0.2) is 0 Å². The molecule has 6 heteroatoms. The Hall–Kier alpha value is -1.66. The van der Waals surface area contributed by atoms with Crippen LogP contribution in [0.5, 0.6) is 0 Å². The predicted octanol–water partition coefficient (Wildman–Crippen LogP) is 3.07. The van der Waals surface area contributed by atoms with Crippen molar-refractivity contribution in [3.8, 4) is 0 Å². The Morgan fingerprint density at radius 3 is 2.64 bits per heavy atom. The van der Waals surface area contributed by atoms with Gasteiger partial charge in [0.1, 0.15) is 11.5 Å². The van der Waals surface area contributed by atoms with Crippen LogP contribution in [0.25, 0.3) is 0 Å². The SMILES string of the molecule is CCc1ccc(S(=O)(=O)N2CCC[C@@H]2c2cc(C)on2)cc1. The number of nitrogens with zero attached hydrogens (tertiary/aromatic N) is 2. The van der Waals surface area contributed by atoms with E-state index in [4.69, 9.17) is 4.52 Å². The third-order valence-corrected chi connectivity index (χ3v) is 6.05. The molecule has 1 aliphatic rings. The molecule has 1 atom stereocenters. The zero-order chi connectivity index (χ0) is 15.7. The zero-order valence-corrected chi connectivity index (χ0v) is 13.6. The van der Waals surface area contributed by atoms with Crippen molar-refractivity contribution in [2.75, 3.05) is 6.54 Å². The highest BCUT2D eigenvalue weighted by molar-refractivity contribution is 7.89. The standard InChI is InChI=1S/C16H20N2O3S/c1-3-13-6-8-14(9-7-13)22(19,20)18-10-4-5-16(18)15-11-12(2)21-17-15/h6-9,11,16H,3-5,10H2,1-2H3/t16-/m1/s1. The van der Waals surface area contributed by atoms with Gasteiger partial charge >= 0.3 is 0 Å². The summed E-state index contributed by atoms with van der Waals surface area (Å²) >= 11 is 0. The van der Waals surface area contributed by atoms with Gasteiger partial charge in [-0.15, -0.1) is 0 Å². The van der Waals surface area contributed by atoms with Crippen LogP contribution in [-0.4, -0.2) is 24.4 Å². The van der Waals surface area contributed by atoms with Gasteiger partial charge in [-0.2, -0.15) is 4.31 Å². The van der Waals surface area contributed by atoms with Crippen LogP contribution in [0, 0.1) is 6.92 Å². The highest BCUT2D eigenvalue weighted by atomic mass is 32.2. The van der Waals surface area contributed by atoms with Crippen molar-refractivity contribution in [2.24, 2.45) is 0 Å². The first-order valence-electron chi connectivity index (χ1n) is 7.56. The predicted molar refractivity (Wildman–Crippen MR) is 82.9 cm³/mol. The molecular formula is C16H20N2O3S. The summed E-state index contributed by atoms with van der Waals surface area (Å²) in [5.74, 6) is 0.701. The van der Waals surface area contributed by atoms with Gasteiger partial charge in [-0.1, -0.05) is 24.2 Å². The van der Waals surface area contributed by atoms with E-state index in [1.165, 1.54) is 0 Å². The Kier molecular flexibility index (Phi) is 4.06. The normalized spacial score (nSPS) is 19.6. The summed E-state index contributed by atoms with van der Waals surface area (Å²) in [5.41, 5.74) is 1.83. The molecular weight excluding hydrogens is 300 g/mol. The molecule has 0 saturated carbocycles. The number of hydrogen-bond acceptors (Lipinski definition) is 4. The number of sulfonamides is 1. The third kappa shape index (κ3) is 2.68. The van der Waals surface area contributed by atoms with Gasteiger partial charge < -0.3 is 4.52 Å². The van der Waals surface area contributed by atoms with Crippen molar-refractivity contribution in [2.45, 2.75) is 44.0 Å². The van der Waals surface area contributed by atoms with Crippen molar-refractivity contribution in [3.63, 3.8) is 0 Å². The molecule has 2 aromatic rings. The highest BCUT2D eigenvalue weighted by Crippen LogP contribution is 2.36. The van der Waals surface area contributed by atoms with Crippen LogP contribution in [0.1, 0.15) is 42.8 Å². The van der Waals surface area contributed by atoms with Crippen molar-refractivity contribution in [1.82, 2.24) is 9.46 Å². The number of aryl methyl sites for hydroxylation is 2. The van der Waals surface area contributed by atoms with E-state index < -0.39 is 10.0 Å². The number of rotatable bonds is 4. The minimum Gasteiger partial charge on any atom is -0.361 e. The first-order valence-corrected chi connectivity index (χ1v) is 9.00. The fourth-order valence-electron chi connectivity index (χ4n) is 2.90. The van der Waals surface area contributed by atoms with E-state index in [0.717, 1.165) is 24.8 Å². The maximum Gasteiger partial charge on any atom is 0.243 e. The maximum atomic E-state index is 12.9. The summed E-state index contributed by atoms with van der Waals surface area (Å²) < 4.78 is 32.4. The molecule has 0 N–H and O–H groups in total. The quantitative estimate of drug-likeness (QED) is 0.868. The van der Waals surface area contributed by atoms with Gasteiger partial charge in [0, 0.05) is 12.6 Å². The molecule has 0 radical (unpaired) electrons. The first kappa shape index (κ1) is 15.2. The lowest BCUT2D eigenvalue weighted by Crippen LogP contribution is -2.30. The average molecular weight is 320 g/mol. The summed E-state index contributed by atoms with van der Waals surface area (Å²) in [7, 11) is -3.50. The fourth-order valence-corrected chi connectivity index (χ4v) is 4.57. The molecule has 1 saturated heterocycles. The largest absolute Gasteiger partial charge is 0.361 e. The van der Waals surface area contributed by atoms with E-state index in [1.807, 2.05) is 32.0 Å². The zero-order valence-electron chi connectivity index (χ0n) is 12.8. The van der Waals surface area contributed by atoms with Crippen LogP contribution < -0.4 is 0 Å². The van der Waals surface area contributed by atoms with Crippen molar-refractivity contribution >= 4 is 10.0 Å². The summed E-state index contributed by atoms with van der Waals surface area (Å²) in [5, 5.41) is 4.00. The van der Waals surface area contributed by atoms with Gasteiger partial charge in [-0.05, 0) is 43.9 Å². The molecule has 1 aromatic carbocycles. The lowest BCUT2D eigenvalue weighted by Gasteiger charge is -2.22. The van der Waals surface area contributed by atoms with Crippen LogP contribution in [0.15, 0.2) is 39.8 Å². The Balaban J connectivity index is 1.93. The summed E-state index contributed by atoms with van der Waals surface area (Å²) in [6.45, 7) is 4.38. The third-order valence-electron chi connectivity index (χ3n) is 4.13. The fraction of sp³-hybridized carbons (Fsp3) is 0.438. The highest BCUT2D eigenvalue weighted by Gasteiger charge is 2.37. The summed E-state index contributed by atoms with van der Waals surface area (Å²) in [6, 6.07) is 8.72. The molecule has 0 spiro atoms. The second-order valence-corrected chi connectivity index (χ2v) is 7.52. The van der Waals surface area contributed by atoms with Crippen molar-refractivity contribution in [3.05, 3.63) is 47.3 Å². The molecule has 1 aromatic heterocycles. The van der Waals surface area contributed by atoms with E-state index in [2.05, 4.69) is 5.16 Å². The van der Waals surface area contributed by atoms with E-state index >= 15 is 0 Å². The molecule has 0 bridgehead atoms. The smallest absolute Gasteiger partial charge is 0.243 e. The molecule has 0 aliphatic carbocycles. The maximum absolute atomic E-state index is 12.9. The second-order valence-electron chi connectivity index (χ2n) is 5.63. The Morgan fingerprint density at radius 2 is 2.05 bits per heavy atom. The van der Waals surface area contributed by atoms with Crippen LogP contribution in [-0.2, 0) is 16.4 Å². The van der Waals surface area contributed by atoms with Crippen LogP contribution in [0.4, 0.5) is 0 Å². The molecule has 5 nitrogen and oxygen atoms in total. The number of hydrogen-bond donors (Lipinski definition) is 0.